The van der Waals surface area contributed by atoms with E-state index in [0.29, 0.717) is 42.9 Å². The molecule has 3 aromatic carbocycles. The van der Waals surface area contributed by atoms with Crippen molar-refractivity contribution < 1.29 is 9.90 Å². The minimum Gasteiger partial charge on any atom is -0.374 e. The van der Waals surface area contributed by atoms with Crippen molar-refractivity contribution in [1.82, 2.24) is 10.6 Å². The summed E-state index contributed by atoms with van der Waals surface area (Å²) in [6.07, 6.45) is -0.824. The van der Waals surface area contributed by atoms with Crippen LogP contribution in [0.25, 0.3) is 0 Å². The predicted octanol–water partition coefficient (Wildman–Crippen LogP) is 3.24. The Labute approximate surface area is 228 Å². The average molecular weight is 610 g/mol. The zero-order valence-corrected chi connectivity index (χ0v) is 22.6. The average Bonchev–Trinajstić information content (AvgIpc) is 2.87. The fraction of sp³-hybridized carbons (Fsp3) is 0.179. The van der Waals surface area contributed by atoms with Gasteiger partial charge in [0.05, 0.1) is 0 Å². The van der Waals surface area contributed by atoms with Crippen molar-refractivity contribution in [2.75, 3.05) is 26.2 Å². The van der Waals surface area contributed by atoms with Crippen LogP contribution < -0.4 is 22.1 Å². The molecule has 1 unspecified atom stereocenters. The first kappa shape index (κ1) is 27.6. The standard InChI is InChI=1S/C28H26Br2N4O2/c29-25-15-21(13-23(17-25)27(35)33-10-8-31)6-4-19-2-1-3-20(12-19)5-7-22-14-24(18-26(30)16-22)28(36)34-11-9-32/h1-3,12-18,27,33,35H,8-11,31-32H2,(H,34,36). The maximum atomic E-state index is 12.3. The van der Waals surface area contributed by atoms with Gasteiger partial charge in [-0.2, -0.15) is 0 Å². The van der Waals surface area contributed by atoms with Crippen molar-refractivity contribution in [3.63, 3.8) is 0 Å². The molecule has 6 nitrogen and oxygen atoms in total. The summed E-state index contributed by atoms with van der Waals surface area (Å²) in [5, 5.41) is 16.0. The number of nitrogens with two attached hydrogens (primary N) is 2. The number of amides is 1. The quantitative estimate of drug-likeness (QED) is 0.209. The van der Waals surface area contributed by atoms with Gasteiger partial charge in [-0.3, -0.25) is 10.1 Å². The highest BCUT2D eigenvalue weighted by molar-refractivity contribution is 9.10. The molecule has 0 spiro atoms. The number of halogens is 2. The van der Waals surface area contributed by atoms with E-state index in [1.54, 1.807) is 12.1 Å². The van der Waals surface area contributed by atoms with E-state index in [1.807, 2.05) is 48.5 Å². The molecule has 3 aromatic rings. The van der Waals surface area contributed by atoms with Crippen molar-refractivity contribution in [3.05, 3.63) is 103 Å². The van der Waals surface area contributed by atoms with Gasteiger partial charge in [0.15, 0.2) is 0 Å². The van der Waals surface area contributed by atoms with Crippen molar-refractivity contribution in [2.24, 2.45) is 11.5 Å². The minimum absolute atomic E-state index is 0.194. The van der Waals surface area contributed by atoms with Gasteiger partial charge in [0.2, 0.25) is 0 Å². The molecular formula is C28H26Br2N4O2. The number of hydrogen-bond acceptors (Lipinski definition) is 5. The summed E-state index contributed by atoms with van der Waals surface area (Å²) in [4.78, 5) is 12.3. The second kappa shape index (κ2) is 14.0. The third-order valence-corrected chi connectivity index (χ3v) is 5.79. The predicted molar refractivity (Wildman–Crippen MR) is 150 cm³/mol. The van der Waals surface area contributed by atoms with E-state index in [2.05, 4.69) is 66.2 Å². The molecule has 0 aliphatic rings. The lowest BCUT2D eigenvalue weighted by molar-refractivity contribution is 0.0954. The fourth-order valence-corrected chi connectivity index (χ4v) is 4.23. The van der Waals surface area contributed by atoms with E-state index >= 15 is 0 Å². The van der Waals surface area contributed by atoms with E-state index in [0.717, 1.165) is 25.6 Å². The number of aliphatic hydroxyl groups is 1. The molecule has 3 rings (SSSR count). The number of aliphatic hydroxyl groups excluding tert-OH is 1. The Kier molecular flexibility index (Phi) is 10.7. The molecule has 0 fully saturated rings. The highest BCUT2D eigenvalue weighted by Crippen LogP contribution is 2.20. The molecule has 1 amide bonds. The number of hydrogen-bond donors (Lipinski definition) is 5. The van der Waals surface area contributed by atoms with Crippen LogP contribution in [-0.2, 0) is 0 Å². The van der Waals surface area contributed by atoms with Crippen molar-refractivity contribution in [3.8, 4) is 23.7 Å². The number of benzene rings is 3. The highest BCUT2D eigenvalue weighted by Gasteiger charge is 2.08. The summed E-state index contributed by atoms with van der Waals surface area (Å²) in [7, 11) is 0. The Morgan fingerprint density at radius 1 is 0.806 bits per heavy atom. The molecule has 184 valence electrons. The summed E-state index contributed by atoms with van der Waals surface area (Å²) in [6, 6.07) is 18.5. The number of carbonyl (C=O) groups excluding carboxylic acids is 1. The monoisotopic (exact) mass is 608 g/mol. The normalized spacial score (nSPS) is 11.0. The summed E-state index contributed by atoms with van der Waals surface area (Å²) in [5.74, 6) is 12.4. The Bertz CT molecular complexity index is 1350. The first-order valence-corrected chi connectivity index (χ1v) is 12.8. The largest absolute Gasteiger partial charge is 0.374 e. The molecule has 1 atom stereocenters. The Balaban J connectivity index is 1.80. The smallest absolute Gasteiger partial charge is 0.251 e. The van der Waals surface area contributed by atoms with Gasteiger partial charge in [-0.05, 0) is 60.2 Å². The Hall–Kier alpha value is -2.95. The number of nitrogens with one attached hydrogen (secondary N) is 2. The lowest BCUT2D eigenvalue weighted by Crippen LogP contribution is -2.29. The van der Waals surface area contributed by atoms with Crippen LogP contribution in [-0.4, -0.2) is 37.2 Å². The lowest BCUT2D eigenvalue weighted by atomic mass is 10.1. The maximum absolute atomic E-state index is 12.3. The van der Waals surface area contributed by atoms with Gasteiger partial charge < -0.3 is 21.9 Å². The topological polar surface area (TPSA) is 113 Å². The Morgan fingerprint density at radius 3 is 2.03 bits per heavy atom. The summed E-state index contributed by atoms with van der Waals surface area (Å²) in [6.45, 7) is 1.73. The van der Waals surface area contributed by atoms with Gasteiger partial charge in [0.1, 0.15) is 6.23 Å². The minimum atomic E-state index is -0.824. The van der Waals surface area contributed by atoms with Gasteiger partial charge in [-0.15, -0.1) is 0 Å². The van der Waals surface area contributed by atoms with Gasteiger partial charge in [-0.1, -0.05) is 61.6 Å². The van der Waals surface area contributed by atoms with Crippen LogP contribution in [0, 0.1) is 23.7 Å². The van der Waals surface area contributed by atoms with Crippen LogP contribution in [0.5, 0.6) is 0 Å². The maximum Gasteiger partial charge on any atom is 0.251 e. The molecule has 0 aliphatic heterocycles. The molecule has 0 saturated heterocycles. The summed E-state index contributed by atoms with van der Waals surface area (Å²) < 4.78 is 1.59. The van der Waals surface area contributed by atoms with Crippen molar-refractivity contribution >= 4 is 37.8 Å². The van der Waals surface area contributed by atoms with E-state index in [-0.39, 0.29) is 5.91 Å². The van der Waals surface area contributed by atoms with Gasteiger partial charge >= 0.3 is 0 Å². The fourth-order valence-electron chi connectivity index (χ4n) is 3.22. The summed E-state index contributed by atoms with van der Waals surface area (Å²) >= 11 is 6.92. The molecule has 0 heterocycles. The third kappa shape index (κ3) is 8.61. The van der Waals surface area contributed by atoms with Gasteiger partial charge in [0.25, 0.3) is 5.91 Å². The first-order chi connectivity index (χ1) is 17.4. The van der Waals surface area contributed by atoms with Gasteiger partial charge in [-0.25, -0.2) is 0 Å². The first-order valence-electron chi connectivity index (χ1n) is 11.2. The van der Waals surface area contributed by atoms with Crippen molar-refractivity contribution in [2.45, 2.75) is 6.23 Å². The molecule has 0 aliphatic carbocycles. The summed E-state index contributed by atoms with van der Waals surface area (Å²) in [5.41, 5.74) is 15.2. The van der Waals surface area contributed by atoms with Crippen LogP contribution in [0.1, 0.15) is 44.4 Å². The number of carbonyl (C=O) groups is 1. The molecular weight excluding hydrogens is 584 g/mol. The van der Waals surface area contributed by atoms with E-state index < -0.39 is 6.23 Å². The molecule has 7 N–H and O–H groups in total. The van der Waals surface area contributed by atoms with Crippen LogP contribution in [0.3, 0.4) is 0 Å². The van der Waals surface area contributed by atoms with Crippen molar-refractivity contribution in [1.29, 1.82) is 0 Å². The van der Waals surface area contributed by atoms with E-state index in [4.69, 9.17) is 11.5 Å². The van der Waals surface area contributed by atoms with Crippen LogP contribution in [0.15, 0.2) is 69.6 Å². The molecule has 0 radical (unpaired) electrons. The zero-order valence-electron chi connectivity index (χ0n) is 19.4. The number of rotatable bonds is 7. The van der Waals surface area contributed by atoms with Crippen LogP contribution >= 0.6 is 31.9 Å². The SMILES string of the molecule is NCCNC(=O)c1cc(Br)cc(C#Cc2cccc(C#Cc3cc(Br)cc(C(O)NCCN)c3)c2)c1. The van der Waals surface area contributed by atoms with Crippen LogP contribution in [0.4, 0.5) is 0 Å². The highest BCUT2D eigenvalue weighted by atomic mass is 79.9. The lowest BCUT2D eigenvalue weighted by Gasteiger charge is -2.13. The Morgan fingerprint density at radius 2 is 1.39 bits per heavy atom. The molecule has 8 heteroatoms. The molecule has 36 heavy (non-hydrogen) atoms. The third-order valence-electron chi connectivity index (χ3n) is 4.87. The van der Waals surface area contributed by atoms with Crippen LogP contribution in [0.2, 0.25) is 0 Å². The second-order valence-electron chi connectivity index (χ2n) is 7.77. The van der Waals surface area contributed by atoms with E-state index in [9.17, 15) is 9.90 Å². The van der Waals surface area contributed by atoms with Gasteiger partial charge in [0, 0.05) is 62.9 Å². The molecule has 0 bridgehead atoms. The second-order valence-corrected chi connectivity index (χ2v) is 9.60. The molecule has 0 saturated carbocycles. The molecule has 0 aromatic heterocycles. The van der Waals surface area contributed by atoms with E-state index in [1.165, 1.54) is 0 Å². The zero-order chi connectivity index (χ0) is 25.9.